The molecular formula is C30H58O16. The fourth-order valence-corrected chi connectivity index (χ4v) is 6.18. The number of rotatable bonds is 23. The second kappa shape index (κ2) is 22.2. The summed E-state index contributed by atoms with van der Waals surface area (Å²) in [4.78, 5) is 0. The SMILES string of the molecule is COCC(OC)C(OC)C(OC)C(COC1OC(COC)C(O[C@H]2O[C@H](COC)[C@@H](OC)[C@H](OC)[C@H]2OC)C(OC)C1OC)OC. The Morgan fingerprint density at radius 3 is 1.30 bits per heavy atom. The molecule has 16 nitrogen and oxygen atoms in total. The second-order valence-corrected chi connectivity index (χ2v) is 10.8. The molecule has 0 amide bonds. The lowest BCUT2D eigenvalue weighted by atomic mass is 9.96. The first-order chi connectivity index (χ1) is 22.3. The van der Waals surface area contributed by atoms with Crippen LogP contribution in [0.1, 0.15) is 0 Å². The number of methoxy groups -OCH3 is 12. The van der Waals surface area contributed by atoms with E-state index >= 15 is 0 Å². The lowest BCUT2D eigenvalue weighted by Crippen LogP contribution is -2.66. The summed E-state index contributed by atoms with van der Waals surface area (Å²) < 4.78 is 94.0. The predicted molar refractivity (Wildman–Crippen MR) is 161 cm³/mol. The van der Waals surface area contributed by atoms with Crippen LogP contribution in [0.2, 0.25) is 0 Å². The number of hydrogen-bond acceptors (Lipinski definition) is 16. The van der Waals surface area contributed by atoms with Gasteiger partial charge in [0.15, 0.2) is 12.6 Å². The van der Waals surface area contributed by atoms with Crippen molar-refractivity contribution in [2.45, 2.75) is 85.8 Å². The number of ether oxygens (including phenoxy) is 16. The molecule has 0 radical (unpaired) electrons. The molecule has 0 aromatic rings. The molecule has 0 N–H and O–H groups in total. The predicted octanol–water partition coefficient (Wildman–Crippen LogP) is -0.0878. The van der Waals surface area contributed by atoms with Gasteiger partial charge in [0, 0.05) is 85.3 Å². The zero-order valence-electron chi connectivity index (χ0n) is 29.4. The van der Waals surface area contributed by atoms with Gasteiger partial charge >= 0.3 is 0 Å². The van der Waals surface area contributed by atoms with Crippen LogP contribution in [0.25, 0.3) is 0 Å². The highest BCUT2D eigenvalue weighted by Crippen LogP contribution is 2.34. The van der Waals surface area contributed by atoms with Crippen LogP contribution in [0.3, 0.4) is 0 Å². The molecular weight excluding hydrogens is 616 g/mol. The quantitative estimate of drug-likeness (QED) is 0.142. The summed E-state index contributed by atoms with van der Waals surface area (Å²) in [6.45, 7) is 0.727. The highest BCUT2D eigenvalue weighted by Gasteiger charge is 2.53. The third-order valence-corrected chi connectivity index (χ3v) is 8.46. The fraction of sp³-hybridized carbons (Fsp3) is 1.00. The normalized spacial score (nSPS) is 34.7. The van der Waals surface area contributed by atoms with Gasteiger partial charge < -0.3 is 75.8 Å². The average Bonchev–Trinajstić information content (AvgIpc) is 3.07. The van der Waals surface area contributed by atoms with E-state index < -0.39 is 85.8 Å². The van der Waals surface area contributed by atoms with E-state index in [0.29, 0.717) is 0 Å². The van der Waals surface area contributed by atoms with E-state index in [1.165, 1.54) is 0 Å². The van der Waals surface area contributed by atoms with Crippen molar-refractivity contribution in [3.8, 4) is 0 Å². The molecule has 2 heterocycles. The van der Waals surface area contributed by atoms with E-state index in [4.69, 9.17) is 75.8 Å². The Labute approximate surface area is 273 Å². The molecule has 0 saturated carbocycles. The van der Waals surface area contributed by atoms with Gasteiger partial charge in [-0.25, -0.2) is 0 Å². The van der Waals surface area contributed by atoms with Gasteiger partial charge in [0.2, 0.25) is 0 Å². The maximum Gasteiger partial charge on any atom is 0.187 e. The largest absolute Gasteiger partial charge is 0.382 e. The molecule has 0 bridgehead atoms. The van der Waals surface area contributed by atoms with Gasteiger partial charge in [-0.1, -0.05) is 0 Å². The summed E-state index contributed by atoms with van der Waals surface area (Å²) in [7, 11) is 18.8. The summed E-state index contributed by atoms with van der Waals surface area (Å²) >= 11 is 0. The van der Waals surface area contributed by atoms with Crippen molar-refractivity contribution in [2.75, 3.05) is 112 Å². The van der Waals surface area contributed by atoms with Gasteiger partial charge in [0.25, 0.3) is 0 Å². The molecule has 2 rings (SSSR count). The van der Waals surface area contributed by atoms with Crippen LogP contribution in [-0.4, -0.2) is 198 Å². The maximum absolute atomic E-state index is 6.61. The summed E-state index contributed by atoms with van der Waals surface area (Å²) in [6.07, 6.45) is -8.90. The molecule has 0 aromatic heterocycles. The zero-order valence-corrected chi connectivity index (χ0v) is 29.4. The summed E-state index contributed by atoms with van der Waals surface area (Å²) in [5.41, 5.74) is 0. The first-order valence-electron chi connectivity index (χ1n) is 15.1. The first-order valence-corrected chi connectivity index (χ1v) is 15.1. The molecule has 0 aromatic carbocycles. The van der Waals surface area contributed by atoms with Crippen LogP contribution in [0.15, 0.2) is 0 Å². The van der Waals surface area contributed by atoms with Crippen molar-refractivity contribution >= 4 is 0 Å². The molecule has 0 aliphatic carbocycles. The van der Waals surface area contributed by atoms with Crippen molar-refractivity contribution in [2.24, 2.45) is 0 Å². The van der Waals surface area contributed by atoms with Crippen LogP contribution in [0.5, 0.6) is 0 Å². The number of hydrogen-bond donors (Lipinski definition) is 0. The van der Waals surface area contributed by atoms with E-state index in [1.54, 1.807) is 85.3 Å². The highest BCUT2D eigenvalue weighted by molar-refractivity contribution is 4.97. The van der Waals surface area contributed by atoms with Gasteiger partial charge in [-0.15, -0.1) is 0 Å². The van der Waals surface area contributed by atoms with Crippen molar-refractivity contribution < 1.29 is 75.8 Å². The molecule has 274 valence electrons. The highest BCUT2D eigenvalue weighted by atomic mass is 16.8. The van der Waals surface area contributed by atoms with E-state index in [9.17, 15) is 0 Å². The summed E-state index contributed by atoms with van der Waals surface area (Å²) in [6, 6.07) is 0. The van der Waals surface area contributed by atoms with E-state index in [-0.39, 0.29) is 26.4 Å². The van der Waals surface area contributed by atoms with Crippen molar-refractivity contribution in [1.29, 1.82) is 0 Å². The Hall–Kier alpha value is -0.640. The minimum Gasteiger partial charge on any atom is -0.382 e. The Bertz CT molecular complexity index is 781. The molecule has 16 heteroatoms. The molecule has 46 heavy (non-hydrogen) atoms. The van der Waals surface area contributed by atoms with E-state index in [1.807, 2.05) is 0 Å². The minimum absolute atomic E-state index is 0.0502. The van der Waals surface area contributed by atoms with Crippen molar-refractivity contribution in [1.82, 2.24) is 0 Å². The second-order valence-electron chi connectivity index (χ2n) is 10.8. The van der Waals surface area contributed by atoms with Crippen LogP contribution in [0, 0.1) is 0 Å². The van der Waals surface area contributed by atoms with Crippen molar-refractivity contribution in [3.63, 3.8) is 0 Å². The minimum atomic E-state index is -0.908. The van der Waals surface area contributed by atoms with Gasteiger partial charge in [0.05, 0.1) is 26.4 Å². The molecule has 2 saturated heterocycles. The van der Waals surface area contributed by atoms with Crippen molar-refractivity contribution in [3.05, 3.63) is 0 Å². The van der Waals surface area contributed by atoms with Crippen LogP contribution >= 0.6 is 0 Å². The van der Waals surface area contributed by atoms with Crippen LogP contribution in [0.4, 0.5) is 0 Å². The van der Waals surface area contributed by atoms with Gasteiger partial charge in [0.1, 0.15) is 73.2 Å². The van der Waals surface area contributed by atoms with Crippen LogP contribution < -0.4 is 0 Å². The molecule has 2 aliphatic heterocycles. The molecule has 0 spiro atoms. The van der Waals surface area contributed by atoms with Crippen LogP contribution in [-0.2, 0) is 75.8 Å². The van der Waals surface area contributed by atoms with Gasteiger partial charge in [-0.3, -0.25) is 0 Å². The van der Waals surface area contributed by atoms with E-state index in [0.717, 1.165) is 0 Å². The standard InChI is InChI=1S/C30H58O16/c1-31-13-17(34-4)21(36-6)22(37-7)18(35-5)16-43-29-27(41-11)26(40-10)24(20(44-29)15-33-3)46-30-28(42-12)25(39-9)23(38-8)19(45-30)14-32-2/h17-30H,13-16H2,1-12H3/t17?,18?,19-,20?,21?,22?,23-,24?,25+,26?,27?,28-,29?,30-/m1/s1. The fourth-order valence-electron chi connectivity index (χ4n) is 6.18. The summed E-state index contributed by atoms with van der Waals surface area (Å²) in [5, 5.41) is 0. The Morgan fingerprint density at radius 1 is 0.435 bits per heavy atom. The van der Waals surface area contributed by atoms with E-state index in [2.05, 4.69) is 0 Å². The third-order valence-electron chi connectivity index (χ3n) is 8.46. The first kappa shape index (κ1) is 41.5. The average molecular weight is 675 g/mol. The Balaban J connectivity index is 2.32. The van der Waals surface area contributed by atoms with Gasteiger partial charge in [-0.05, 0) is 0 Å². The Kier molecular flexibility index (Phi) is 20.0. The third kappa shape index (κ3) is 10.2. The van der Waals surface area contributed by atoms with Gasteiger partial charge in [-0.2, -0.15) is 0 Å². The Morgan fingerprint density at radius 2 is 0.870 bits per heavy atom. The summed E-state index contributed by atoms with van der Waals surface area (Å²) in [5.74, 6) is 0. The molecule has 2 aliphatic rings. The molecule has 14 atom stereocenters. The zero-order chi connectivity index (χ0) is 34.2. The topological polar surface area (TPSA) is 148 Å². The molecule has 9 unspecified atom stereocenters. The smallest absolute Gasteiger partial charge is 0.187 e. The lowest BCUT2D eigenvalue weighted by molar-refractivity contribution is -0.368. The molecule has 2 fully saturated rings. The monoisotopic (exact) mass is 674 g/mol. The lowest BCUT2D eigenvalue weighted by Gasteiger charge is -2.49. The maximum atomic E-state index is 6.61.